The molecule has 5 heteroatoms. The normalized spacial score (nSPS) is 12.6. The van der Waals surface area contributed by atoms with Gasteiger partial charge in [-0.2, -0.15) is 5.26 Å². The van der Waals surface area contributed by atoms with Crippen LogP contribution < -0.4 is 4.74 Å². The van der Waals surface area contributed by atoms with E-state index in [1.807, 2.05) is 18.2 Å². The lowest BCUT2D eigenvalue weighted by molar-refractivity contribution is -0.274. The Kier molecular flexibility index (Phi) is 6.04. The largest absolute Gasteiger partial charge is 0.573 e. The third-order valence-corrected chi connectivity index (χ3v) is 6.00. The molecular weight excluding hydrogens is 399 g/mol. The standard InChI is InChI=1S/C26H26F3NO/c1-24(2,21-9-11-23(12-10-21)31-26(27,28)29)13-14-25(3,4)22-8-7-19-15-18(17-30)5-6-20(19)16-22/h5-12,15-16H,13-14H2,1-4H3. The number of fused-ring (bicyclic) bond motifs is 1. The number of nitrogens with zero attached hydrogens (tertiary/aromatic N) is 1. The molecule has 0 saturated carbocycles. The van der Waals surface area contributed by atoms with Crippen molar-refractivity contribution >= 4 is 10.8 Å². The van der Waals surface area contributed by atoms with E-state index in [1.54, 1.807) is 12.1 Å². The molecule has 0 heterocycles. The molecular formula is C26H26F3NO. The number of halogens is 3. The average Bonchev–Trinajstić information content (AvgIpc) is 2.71. The van der Waals surface area contributed by atoms with Gasteiger partial charge in [-0.15, -0.1) is 13.2 Å². The zero-order valence-electron chi connectivity index (χ0n) is 18.2. The Morgan fingerprint density at radius 3 is 1.84 bits per heavy atom. The lowest BCUT2D eigenvalue weighted by Crippen LogP contribution is -2.24. The number of benzene rings is 3. The Morgan fingerprint density at radius 2 is 1.26 bits per heavy atom. The van der Waals surface area contributed by atoms with E-state index < -0.39 is 6.36 Å². The molecule has 0 saturated heterocycles. The minimum atomic E-state index is -4.68. The maximum absolute atomic E-state index is 12.4. The molecule has 3 aromatic carbocycles. The molecule has 2 nitrogen and oxygen atoms in total. The average molecular weight is 425 g/mol. The topological polar surface area (TPSA) is 33.0 Å². The molecule has 0 aromatic heterocycles. The van der Waals surface area contributed by atoms with Crippen molar-refractivity contribution in [3.63, 3.8) is 0 Å². The predicted octanol–water partition coefficient (Wildman–Crippen LogP) is 7.65. The third kappa shape index (κ3) is 5.58. The number of hydrogen-bond donors (Lipinski definition) is 0. The Balaban J connectivity index is 1.74. The summed E-state index contributed by atoms with van der Waals surface area (Å²) in [6, 6.07) is 20.3. The molecule has 0 aliphatic heterocycles. The van der Waals surface area contributed by atoms with Crippen molar-refractivity contribution in [1.82, 2.24) is 0 Å². The van der Waals surface area contributed by atoms with Gasteiger partial charge in [-0.3, -0.25) is 0 Å². The molecule has 31 heavy (non-hydrogen) atoms. The number of hydrogen-bond acceptors (Lipinski definition) is 2. The van der Waals surface area contributed by atoms with Crippen molar-refractivity contribution in [2.45, 2.75) is 57.7 Å². The smallest absolute Gasteiger partial charge is 0.406 e. The van der Waals surface area contributed by atoms with Gasteiger partial charge in [-0.25, -0.2) is 0 Å². The summed E-state index contributed by atoms with van der Waals surface area (Å²) in [7, 11) is 0. The van der Waals surface area contributed by atoms with E-state index in [0.29, 0.717) is 5.56 Å². The molecule has 0 spiro atoms. The highest BCUT2D eigenvalue weighted by Gasteiger charge is 2.31. The first kappa shape index (κ1) is 22.7. The second kappa shape index (κ2) is 8.26. The van der Waals surface area contributed by atoms with Crippen LogP contribution in [0.2, 0.25) is 0 Å². The highest BCUT2D eigenvalue weighted by molar-refractivity contribution is 5.84. The van der Waals surface area contributed by atoms with Crippen LogP contribution in [0.4, 0.5) is 13.2 Å². The molecule has 3 aromatic rings. The number of rotatable bonds is 6. The summed E-state index contributed by atoms with van der Waals surface area (Å²) in [6.07, 6.45) is -2.91. The number of nitriles is 1. The van der Waals surface area contributed by atoms with Crippen LogP contribution in [-0.4, -0.2) is 6.36 Å². The fourth-order valence-corrected chi connectivity index (χ4v) is 3.76. The summed E-state index contributed by atoms with van der Waals surface area (Å²) in [6.45, 7) is 8.61. The van der Waals surface area contributed by atoms with Gasteiger partial charge in [0, 0.05) is 0 Å². The van der Waals surface area contributed by atoms with E-state index >= 15 is 0 Å². The van der Waals surface area contributed by atoms with Gasteiger partial charge in [-0.05, 0) is 69.8 Å². The van der Waals surface area contributed by atoms with Crippen LogP contribution in [0.3, 0.4) is 0 Å². The van der Waals surface area contributed by atoms with Crippen molar-refractivity contribution < 1.29 is 17.9 Å². The van der Waals surface area contributed by atoms with Crippen LogP contribution in [0.25, 0.3) is 10.8 Å². The van der Waals surface area contributed by atoms with Crippen LogP contribution >= 0.6 is 0 Å². The highest BCUT2D eigenvalue weighted by atomic mass is 19.4. The first-order valence-electron chi connectivity index (χ1n) is 10.2. The highest BCUT2D eigenvalue weighted by Crippen LogP contribution is 2.37. The summed E-state index contributed by atoms with van der Waals surface area (Å²) in [4.78, 5) is 0. The molecule has 0 aliphatic carbocycles. The van der Waals surface area contributed by atoms with Gasteiger partial charge in [0.1, 0.15) is 5.75 Å². The van der Waals surface area contributed by atoms with E-state index in [-0.39, 0.29) is 16.6 Å². The van der Waals surface area contributed by atoms with E-state index in [9.17, 15) is 13.2 Å². The van der Waals surface area contributed by atoms with E-state index in [4.69, 9.17) is 5.26 Å². The maximum Gasteiger partial charge on any atom is 0.573 e. The molecule has 0 fully saturated rings. The zero-order chi connectivity index (χ0) is 22.9. The first-order chi connectivity index (χ1) is 14.4. The first-order valence-corrected chi connectivity index (χ1v) is 10.2. The zero-order valence-corrected chi connectivity index (χ0v) is 18.2. The van der Waals surface area contributed by atoms with Crippen LogP contribution in [0.15, 0.2) is 60.7 Å². The molecule has 0 radical (unpaired) electrons. The fourth-order valence-electron chi connectivity index (χ4n) is 3.76. The molecule has 0 aliphatic rings. The van der Waals surface area contributed by atoms with E-state index in [1.165, 1.54) is 17.7 Å². The van der Waals surface area contributed by atoms with Crippen LogP contribution in [0.1, 0.15) is 57.2 Å². The van der Waals surface area contributed by atoms with Gasteiger partial charge in [-0.1, -0.05) is 64.1 Å². The second-order valence-electron chi connectivity index (χ2n) is 9.23. The lowest BCUT2D eigenvalue weighted by Gasteiger charge is -2.32. The quantitative estimate of drug-likeness (QED) is 0.406. The SMILES string of the molecule is CC(C)(CCC(C)(C)c1ccc2cc(C#N)ccc2c1)c1ccc(OC(F)(F)F)cc1. The predicted molar refractivity (Wildman–Crippen MR) is 117 cm³/mol. The molecule has 0 N–H and O–H groups in total. The van der Waals surface area contributed by atoms with Crippen LogP contribution in [0.5, 0.6) is 5.75 Å². The van der Waals surface area contributed by atoms with Gasteiger partial charge in [0.25, 0.3) is 0 Å². The molecule has 0 unspecified atom stereocenters. The van der Waals surface area contributed by atoms with Crippen molar-refractivity contribution in [2.75, 3.05) is 0 Å². The molecule has 0 atom stereocenters. The van der Waals surface area contributed by atoms with Gasteiger partial charge < -0.3 is 4.74 Å². The van der Waals surface area contributed by atoms with E-state index in [2.05, 4.69) is 56.7 Å². The van der Waals surface area contributed by atoms with Crippen molar-refractivity contribution in [1.29, 1.82) is 5.26 Å². The molecule has 0 amide bonds. The fraction of sp³-hybridized carbons (Fsp3) is 0.346. The summed E-state index contributed by atoms with van der Waals surface area (Å²) < 4.78 is 41.1. The molecule has 162 valence electrons. The number of ether oxygens (including phenoxy) is 1. The van der Waals surface area contributed by atoms with E-state index in [0.717, 1.165) is 29.2 Å². The van der Waals surface area contributed by atoms with Crippen molar-refractivity contribution in [2.24, 2.45) is 0 Å². The van der Waals surface area contributed by atoms with Gasteiger partial charge in [0.15, 0.2) is 0 Å². The summed E-state index contributed by atoms with van der Waals surface area (Å²) in [5.41, 5.74) is 2.55. The third-order valence-electron chi connectivity index (χ3n) is 6.00. The molecule has 3 rings (SSSR count). The lowest BCUT2D eigenvalue weighted by atomic mass is 9.72. The van der Waals surface area contributed by atoms with Crippen LogP contribution in [-0.2, 0) is 10.8 Å². The minimum Gasteiger partial charge on any atom is -0.406 e. The molecule has 0 bridgehead atoms. The summed E-state index contributed by atoms with van der Waals surface area (Å²) in [5, 5.41) is 11.2. The monoisotopic (exact) mass is 425 g/mol. The number of alkyl halides is 3. The Morgan fingerprint density at radius 1 is 0.742 bits per heavy atom. The summed E-state index contributed by atoms with van der Waals surface area (Å²) in [5.74, 6) is -0.205. The maximum atomic E-state index is 12.4. The minimum absolute atomic E-state index is 0.0846. The van der Waals surface area contributed by atoms with Gasteiger partial charge >= 0.3 is 6.36 Å². The van der Waals surface area contributed by atoms with Crippen LogP contribution in [0, 0.1) is 11.3 Å². The van der Waals surface area contributed by atoms with Gasteiger partial charge in [0.05, 0.1) is 11.6 Å². The Bertz CT molecular complexity index is 1110. The van der Waals surface area contributed by atoms with Crippen molar-refractivity contribution in [3.05, 3.63) is 77.4 Å². The van der Waals surface area contributed by atoms with Gasteiger partial charge in [0.2, 0.25) is 0 Å². The summed E-state index contributed by atoms with van der Waals surface area (Å²) >= 11 is 0. The Hall–Kier alpha value is -3.00. The Labute approximate surface area is 181 Å². The van der Waals surface area contributed by atoms with Crippen molar-refractivity contribution in [3.8, 4) is 11.8 Å². The second-order valence-corrected chi connectivity index (χ2v) is 9.23.